The van der Waals surface area contributed by atoms with Gasteiger partial charge in [-0.3, -0.25) is 4.98 Å². The molecule has 0 unspecified atom stereocenters. The van der Waals surface area contributed by atoms with Crippen LogP contribution < -0.4 is 15.4 Å². The quantitative estimate of drug-likeness (QED) is 0.510. The van der Waals surface area contributed by atoms with E-state index in [4.69, 9.17) is 4.74 Å². The Bertz CT molecular complexity index is 902. The first-order valence-corrected chi connectivity index (χ1v) is 9.94. The number of pyridine rings is 1. The van der Waals surface area contributed by atoms with E-state index < -0.39 is 0 Å². The summed E-state index contributed by atoms with van der Waals surface area (Å²) < 4.78 is 5.62. The highest BCUT2D eigenvalue weighted by atomic mass is 35.5. The molecule has 1 aliphatic heterocycles. The molecule has 0 amide bonds. The Kier molecular flexibility index (Phi) is 14.2. The molecule has 32 heavy (non-hydrogen) atoms. The fourth-order valence-electron chi connectivity index (χ4n) is 3.99. The van der Waals surface area contributed by atoms with Crippen molar-refractivity contribution in [3.8, 4) is 16.9 Å². The van der Waals surface area contributed by atoms with Gasteiger partial charge in [-0.1, -0.05) is 42.5 Å². The van der Waals surface area contributed by atoms with Crippen LogP contribution in [-0.2, 0) is 6.54 Å². The van der Waals surface area contributed by atoms with Crippen LogP contribution in [0.4, 0.5) is 0 Å². The number of rotatable bonds is 6. The van der Waals surface area contributed by atoms with Crippen molar-refractivity contribution in [1.29, 1.82) is 0 Å². The molecule has 2 heterocycles. The van der Waals surface area contributed by atoms with E-state index in [1.54, 1.807) is 13.3 Å². The number of nitrogens with one attached hydrogen (secondary N) is 2. The minimum Gasteiger partial charge on any atom is -0.496 e. The van der Waals surface area contributed by atoms with E-state index in [1.165, 1.54) is 17.5 Å². The summed E-state index contributed by atoms with van der Waals surface area (Å²) in [5.74, 6) is 0.917. The first-order chi connectivity index (χ1) is 13.8. The zero-order valence-corrected chi connectivity index (χ0v) is 20.4. The molecule has 0 bridgehead atoms. The summed E-state index contributed by atoms with van der Waals surface area (Å²) in [6, 6.07) is 21.8. The lowest BCUT2D eigenvalue weighted by molar-refractivity contribution is 0.303. The molecule has 5 nitrogen and oxygen atoms in total. The van der Waals surface area contributed by atoms with Crippen molar-refractivity contribution in [3.05, 3.63) is 84.2 Å². The van der Waals surface area contributed by atoms with E-state index >= 15 is 0 Å². The smallest absolute Gasteiger partial charge is 0.123 e. The van der Waals surface area contributed by atoms with Gasteiger partial charge in [0.2, 0.25) is 0 Å². The van der Waals surface area contributed by atoms with E-state index in [-0.39, 0.29) is 42.7 Å². The topological polar surface area (TPSA) is 77.7 Å². The molecule has 1 aromatic heterocycles. The van der Waals surface area contributed by atoms with Gasteiger partial charge in [-0.05, 0) is 48.7 Å². The number of aromatic nitrogens is 1. The van der Waals surface area contributed by atoms with E-state index in [2.05, 4.69) is 64.1 Å². The Morgan fingerprint density at radius 2 is 1.78 bits per heavy atom. The van der Waals surface area contributed by atoms with Crippen molar-refractivity contribution in [1.82, 2.24) is 15.6 Å². The summed E-state index contributed by atoms with van der Waals surface area (Å²) in [7, 11) is 1.73. The van der Waals surface area contributed by atoms with Crippen molar-refractivity contribution < 1.29 is 10.2 Å². The largest absolute Gasteiger partial charge is 0.496 e. The lowest BCUT2D eigenvalue weighted by Gasteiger charge is -2.34. The van der Waals surface area contributed by atoms with Gasteiger partial charge >= 0.3 is 0 Å². The monoisotopic (exact) mass is 499 g/mol. The number of hydrogen-bond donors (Lipinski definition) is 2. The van der Waals surface area contributed by atoms with Crippen LogP contribution in [0.25, 0.3) is 11.1 Å². The summed E-state index contributed by atoms with van der Waals surface area (Å²) in [5, 5.41) is 7.47. The molecule has 3 aromatic rings. The van der Waals surface area contributed by atoms with Crippen LogP contribution in [-0.4, -0.2) is 30.2 Å². The maximum atomic E-state index is 5.62. The van der Waals surface area contributed by atoms with Gasteiger partial charge < -0.3 is 20.8 Å². The van der Waals surface area contributed by atoms with Gasteiger partial charge in [0.25, 0.3) is 0 Å². The second-order valence-electron chi connectivity index (χ2n) is 7.24. The minimum absolute atomic E-state index is 0. The predicted molar refractivity (Wildman–Crippen MR) is 139 cm³/mol. The SMILES string of the molecule is COc1ccc(-c2cccnc2)cc1CN[C@H]1CCCN[C@H]1c1ccccc1.Cl.Cl.Cl.O. The Morgan fingerprint density at radius 3 is 2.47 bits per heavy atom. The second-order valence-corrected chi connectivity index (χ2v) is 7.24. The van der Waals surface area contributed by atoms with Crippen molar-refractivity contribution in [3.63, 3.8) is 0 Å². The van der Waals surface area contributed by atoms with Crippen molar-refractivity contribution in [2.45, 2.75) is 31.5 Å². The van der Waals surface area contributed by atoms with E-state index in [0.717, 1.165) is 36.4 Å². The number of nitrogens with zero attached hydrogens (tertiary/aromatic N) is 1. The molecule has 0 aliphatic carbocycles. The predicted octanol–water partition coefficient (Wildman–Crippen LogP) is 4.78. The number of benzene rings is 2. The van der Waals surface area contributed by atoms with Crippen molar-refractivity contribution in [2.24, 2.45) is 0 Å². The molecule has 2 aromatic carbocycles. The van der Waals surface area contributed by atoms with Crippen LogP contribution in [0.1, 0.15) is 30.0 Å². The number of hydrogen-bond acceptors (Lipinski definition) is 4. The molecule has 2 atom stereocenters. The standard InChI is InChI=1S/C24H27N3O.3ClH.H2O/c1-28-23-12-11-19(20-9-5-13-25-16-20)15-21(23)17-27-22-10-6-14-26-24(22)18-7-3-2-4-8-18;;;;/h2-5,7-9,11-13,15-16,22,24,26-27H,6,10,14,17H2,1H3;3*1H;1H2/t22-,24-;;;;/m0..../s1. The lowest BCUT2D eigenvalue weighted by Crippen LogP contribution is -2.45. The van der Waals surface area contributed by atoms with Gasteiger partial charge in [-0.15, -0.1) is 37.2 Å². The normalized spacial score (nSPS) is 16.9. The van der Waals surface area contributed by atoms with Crippen LogP contribution >= 0.6 is 37.2 Å². The molecule has 1 fully saturated rings. The second kappa shape index (κ2) is 15.1. The van der Waals surface area contributed by atoms with Gasteiger partial charge in [-0.2, -0.15) is 0 Å². The van der Waals surface area contributed by atoms with Gasteiger partial charge in [0.05, 0.1) is 7.11 Å². The Morgan fingerprint density at radius 1 is 1.00 bits per heavy atom. The average molecular weight is 501 g/mol. The number of halogens is 3. The Balaban J connectivity index is 0.00000240. The first-order valence-electron chi connectivity index (χ1n) is 9.94. The molecule has 0 spiro atoms. The summed E-state index contributed by atoms with van der Waals surface area (Å²) in [4.78, 5) is 4.24. The van der Waals surface area contributed by atoms with Crippen LogP contribution in [0, 0.1) is 0 Å². The fourth-order valence-corrected chi connectivity index (χ4v) is 3.99. The van der Waals surface area contributed by atoms with Crippen LogP contribution in [0.15, 0.2) is 73.1 Å². The van der Waals surface area contributed by atoms with Gasteiger partial charge in [-0.25, -0.2) is 0 Å². The molecule has 0 radical (unpaired) electrons. The molecule has 1 aliphatic rings. The Labute approximate surface area is 208 Å². The molecule has 4 rings (SSSR count). The molecular formula is C24H32Cl3N3O2. The van der Waals surface area contributed by atoms with Gasteiger partial charge in [0.15, 0.2) is 0 Å². The first kappa shape index (κ1) is 30.1. The molecule has 176 valence electrons. The third kappa shape index (κ3) is 7.34. The van der Waals surface area contributed by atoms with Crippen LogP contribution in [0.5, 0.6) is 5.75 Å². The van der Waals surface area contributed by atoms with E-state index in [1.807, 2.05) is 18.3 Å². The third-order valence-electron chi connectivity index (χ3n) is 5.45. The van der Waals surface area contributed by atoms with Crippen molar-refractivity contribution in [2.75, 3.05) is 13.7 Å². The van der Waals surface area contributed by atoms with E-state index in [9.17, 15) is 0 Å². The highest BCUT2D eigenvalue weighted by Gasteiger charge is 2.25. The molecule has 1 saturated heterocycles. The lowest BCUT2D eigenvalue weighted by atomic mass is 9.92. The number of piperidine rings is 1. The molecule has 0 saturated carbocycles. The average Bonchev–Trinajstić information content (AvgIpc) is 2.79. The zero-order valence-electron chi connectivity index (χ0n) is 18.0. The van der Waals surface area contributed by atoms with Crippen LogP contribution in [0.3, 0.4) is 0 Å². The summed E-state index contributed by atoms with van der Waals surface area (Å²) >= 11 is 0. The highest BCUT2D eigenvalue weighted by Crippen LogP contribution is 2.28. The summed E-state index contributed by atoms with van der Waals surface area (Å²) in [5.41, 5.74) is 4.79. The molecular weight excluding hydrogens is 469 g/mol. The molecule has 4 N–H and O–H groups in total. The van der Waals surface area contributed by atoms with E-state index in [0.29, 0.717) is 12.1 Å². The summed E-state index contributed by atoms with van der Waals surface area (Å²) in [6.07, 6.45) is 6.05. The maximum absolute atomic E-state index is 5.62. The third-order valence-corrected chi connectivity index (χ3v) is 5.45. The van der Waals surface area contributed by atoms with Crippen LogP contribution in [0.2, 0.25) is 0 Å². The van der Waals surface area contributed by atoms with Gasteiger partial charge in [0, 0.05) is 42.1 Å². The minimum atomic E-state index is 0. The highest BCUT2D eigenvalue weighted by molar-refractivity contribution is 5.86. The number of ether oxygens (including phenoxy) is 1. The number of methoxy groups -OCH3 is 1. The zero-order chi connectivity index (χ0) is 19.2. The maximum Gasteiger partial charge on any atom is 0.123 e. The summed E-state index contributed by atoms with van der Waals surface area (Å²) in [6.45, 7) is 1.84. The Hall–Kier alpha value is -1.86. The van der Waals surface area contributed by atoms with Gasteiger partial charge in [0.1, 0.15) is 5.75 Å². The fraction of sp³-hybridized carbons (Fsp3) is 0.292. The van der Waals surface area contributed by atoms with Crippen molar-refractivity contribution >= 4 is 37.2 Å². The molecule has 8 heteroatoms.